The number of rotatable bonds is 6. The van der Waals surface area contributed by atoms with Crippen LogP contribution in [0.5, 0.6) is 0 Å². The normalized spacial score (nSPS) is 27.4. The number of ether oxygens (including phenoxy) is 3. The van der Waals surface area contributed by atoms with Crippen LogP contribution >= 0.6 is 0 Å². The van der Waals surface area contributed by atoms with E-state index in [0.29, 0.717) is 19.3 Å². The Morgan fingerprint density at radius 1 is 1.44 bits per heavy atom. The quantitative estimate of drug-likeness (QED) is 0.766. The summed E-state index contributed by atoms with van der Waals surface area (Å²) in [5.41, 5.74) is -1.74. The van der Waals surface area contributed by atoms with Crippen molar-refractivity contribution in [2.45, 2.75) is 64.1 Å². The topological polar surface area (TPSA) is 99.6 Å². The number of aromatic nitrogens is 2. The Labute approximate surface area is 145 Å². The number of hydrogen-bond acceptors (Lipinski definition) is 6. The van der Waals surface area contributed by atoms with Gasteiger partial charge in [-0.25, -0.2) is 9.59 Å². The molecule has 1 aliphatic carbocycles. The molecule has 8 nitrogen and oxygen atoms in total. The summed E-state index contributed by atoms with van der Waals surface area (Å²) in [5, 5.41) is 0. The monoisotopic (exact) mass is 352 g/mol. The fourth-order valence-corrected chi connectivity index (χ4v) is 3.23. The van der Waals surface area contributed by atoms with Crippen molar-refractivity contribution in [3.8, 4) is 0 Å². The van der Waals surface area contributed by atoms with Gasteiger partial charge < -0.3 is 14.2 Å². The number of carbonyl (C=O) groups is 1. The van der Waals surface area contributed by atoms with Crippen molar-refractivity contribution < 1.29 is 19.0 Å². The molecule has 1 aromatic heterocycles. The van der Waals surface area contributed by atoms with Crippen molar-refractivity contribution in [2.24, 2.45) is 5.92 Å². The SMILES string of the molecule is CC(C)OC1(C(=O)OCC2CC(C)C(n3ccc(=O)[nH]c3=O)O2)CC1. The molecule has 3 rings (SSSR count). The van der Waals surface area contributed by atoms with Gasteiger partial charge in [0.05, 0.1) is 12.2 Å². The van der Waals surface area contributed by atoms with Gasteiger partial charge in [-0.3, -0.25) is 14.3 Å². The van der Waals surface area contributed by atoms with Gasteiger partial charge in [0.1, 0.15) is 12.8 Å². The third kappa shape index (κ3) is 3.85. The number of H-pyrrole nitrogens is 1. The second kappa shape index (κ2) is 6.76. The number of carbonyl (C=O) groups excluding carboxylic acids is 1. The fourth-order valence-electron chi connectivity index (χ4n) is 3.23. The first kappa shape index (κ1) is 17.9. The molecule has 1 N–H and O–H groups in total. The highest BCUT2D eigenvalue weighted by Gasteiger charge is 2.54. The van der Waals surface area contributed by atoms with E-state index in [9.17, 15) is 14.4 Å². The van der Waals surface area contributed by atoms with Crippen LogP contribution < -0.4 is 11.2 Å². The van der Waals surface area contributed by atoms with E-state index in [4.69, 9.17) is 14.2 Å². The summed E-state index contributed by atoms with van der Waals surface area (Å²) < 4.78 is 18.3. The highest BCUT2D eigenvalue weighted by molar-refractivity contribution is 5.82. The lowest BCUT2D eigenvalue weighted by Crippen LogP contribution is -2.34. The second-order valence-electron chi connectivity index (χ2n) is 7.14. The molecule has 1 saturated carbocycles. The lowest BCUT2D eigenvalue weighted by molar-refractivity contribution is -0.168. The maximum atomic E-state index is 12.2. The van der Waals surface area contributed by atoms with E-state index < -0.39 is 23.1 Å². The Morgan fingerprint density at radius 3 is 2.76 bits per heavy atom. The highest BCUT2D eigenvalue weighted by atomic mass is 16.6. The van der Waals surface area contributed by atoms with Crippen LogP contribution in [0, 0.1) is 5.92 Å². The number of nitrogens with one attached hydrogen (secondary N) is 1. The predicted molar refractivity (Wildman–Crippen MR) is 88.2 cm³/mol. The largest absolute Gasteiger partial charge is 0.461 e. The highest BCUT2D eigenvalue weighted by Crippen LogP contribution is 2.42. The Morgan fingerprint density at radius 2 is 2.16 bits per heavy atom. The summed E-state index contributed by atoms with van der Waals surface area (Å²) in [4.78, 5) is 37.6. The summed E-state index contributed by atoms with van der Waals surface area (Å²) in [6.45, 7) is 5.86. The molecule has 8 heteroatoms. The number of esters is 1. The first-order valence-corrected chi connectivity index (χ1v) is 8.63. The maximum Gasteiger partial charge on any atom is 0.338 e. The molecule has 138 valence electrons. The van der Waals surface area contributed by atoms with Gasteiger partial charge in [-0.15, -0.1) is 0 Å². The molecule has 0 aromatic carbocycles. The molecule has 2 fully saturated rings. The van der Waals surface area contributed by atoms with Crippen molar-refractivity contribution in [3.63, 3.8) is 0 Å². The van der Waals surface area contributed by atoms with Crippen molar-refractivity contribution in [3.05, 3.63) is 33.1 Å². The number of nitrogens with zero attached hydrogens (tertiary/aromatic N) is 1. The van der Waals surface area contributed by atoms with Crippen LogP contribution in [0.1, 0.15) is 46.3 Å². The molecule has 0 spiro atoms. The molecule has 2 aliphatic rings. The van der Waals surface area contributed by atoms with Crippen LogP contribution in [-0.4, -0.2) is 39.9 Å². The van der Waals surface area contributed by atoms with Crippen LogP contribution in [0.3, 0.4) is 0 Å². The number of aromatic amines is 1. The molecule has 1 aromatic rings. The minimum absolute atomic E-state index is 0.0331. The van der Waals surface area contributed by atoms with Gasteiger partial charge in [0, 0.05) is 18.2 Å². The van der Waals surface area contributed by atoms with Crippen molar-refractivity contribution >= 4 is 5.97 Å². The van der Waals surface area contributed by atoms with Crippen LogP contribution in [0.4, 0.5) is 0 Å². The van der Waals surface area contributed by atoms with Crippen molar-refractivity contribution in [1.82, 2.24) is 9.55 Å². The molecule has 3 atom stereocenters. The lowest BCUT2D eigenvalue weighted by Gasteiger charge is -2.20. The van der Waals surface area contributed by atoms with Gasteiger partial charge in [-0.1, -0.05) is 6.92 Å². The third-order valence-electron chi connectivity index (χ3n) is 4.52. The average molecular weight is 352 g/mol. The Hall–Kier alpha value is -1.93. The molecule has 0 bridgehead atoms. The van der Waals surface area contributed by atoms with Crippen LogP contribution in [-0.2, 0) is 19.0 Å². The molecular formula is C17H24N2O6. The van der Waals surface area contributed by atoms with Crippen LogP contribution in [0.15, 0.2) is 21.9 Å². The third-order valence-corrected chi connectivity index (χ3v) is 4.52. The number of hydrogen-bond donors (Lipinski definition) is 1. The summed E-state index contributed by atoms with van der Waals surface area (Å²) in [7, 11) is 0. The molecule has 3 unspecified atom stereocenters. The Kier molecular flexibility index (Phi) is 4.83. The fraction of sp³-hybridized carbons (Fsp3) is 0.706. The average Bonchev–Trinajstić information content (AvgIpc) is 3.21. The van der Waals surface area contributed by atoms with Crippen molar-refractivity contribution in [2.75, 3.05) is 6.61 Å². The summed E-state index contributed by atoms with van der Waals surface area (Å²) in [6.07, 6.45) is 2.62. The van der Waals surface area contributed by atoms with E-state index in [2.05, 4.69) is 4.98 Å². The van der Waals surface area contributed by atoms with E-state index in [-0.39, 0.29) is 30.7 Å². The molecular weight excluding hydrogens is 328 g/mol. The smallest absolute Gasteiger partial charge is 0.338 e. The molecule has 0 amide bonds. The minimum Gasteiger partial charge on any atom is -0.461 e. The molecule has 1 aliphatic heterocycles. The predicted octanol–water partition coefficient (Wildman–Crippen LogP) is 0.961. The van der Waals surface area contributed by atoms with Gasteiger partial charge in [-0.2, -0.15) is 0 Å². The Balaban J connectivity index is 1.58. The van der Waals surface area contributed by atoms with E-state index in [1.165, 1.54) is 16.8 Å². The zero-order chi connectivity index (χ0) is 18.2. The first-order valence-electron chi connectivity index (χ1n) is 8.63. The van der Waals surface area contributed by atoms with E-state index in [0.717, 1.165) is 0 Å². The first-order chi connectivity index (χ1) is 11.8. The van der Waals surface area contributed by atoms with Crippen LogP contribution in [0.25, 0.3) is 0 Å². The molecule has 2 heterocycles. The van der Waals surface area contributed by atoms with Crippen LogP contribution in [0.2, 0.25) is 0 Å². The van der Waals surface area contributed by atoms with Crippen molar-refractivity contribution in [1.29, 1.82) is 0 Å². The van der Waals surface area contributed by atoms with E-state index in [1.54, 1.807) is 0 Å². The van der Waals surface area contributed by atoms with Gasteiger partial charge in [0.25, 0.3) is 5.56 Å². The summed E-state index contributed by atoms with van der Waals surface area (Å²) in [5.74, 6) is -0.295. The standard InChI is InChI=1S/C17H24N2O6/c1-10(2)25-17(5-6-17)15(21)23-9-12-8-11(3)14(24-12)19-7-4-13(20)18-16(19)22/h4,7,10-12,14H,5-6,8-9H2,1-3H3,(H,18,20,22). The Bertz CT molecular complexity index is 748. The van der Waals surface area contributed by atoms with Gasteiger partial charge in [-0.05, 0) is 33.1 Å². The maximum absolute atomic E-state index is 12.2. The zero-order valence-electron chi connectivity index (χ0n) is 14.7. The summed E-state index contributed by atoms with van der Waals surface area (Å²) >= 11 is 0. The van der Waals surface area contributed by atoms with E-state index in [1.807, 2.05) is 20.8 Å². The lowest BCUT2D eigenvalue weighted by atomic mass is 10.1. The van der Waals surface area contributed by atoms with E-state index >= 15 is 0 Å². The van der Waals surface area contributed by atoms with Gasteiger partial charge >= 0.3 is 11.7 Å². The zero-order valence-corrected chi connectivity index (χ0v) is 14.7. The summed E-state index contributed by atoms with van der Waals surface area (Å²) in [6, 6.07) is 1.28. The van der Waals surface area contributed by atoms with Gasteiger partial charge in [0.2, 0.25) is 0 Å². The molecule has 1 saturated heterocycles. The molecule has 25 heavy (non-hydrogen) atoms. The van der Waals surface area contributed by atoms with Gasteiger partial charge in [0.15, 0.2) is 5.60 Å². The molecule has 0 radical (unpaired) electrons. The minimum atomic E-state index is -0.784. The second-order valence-corrected chi connectivity index (χ2v) is 7.14.